The molecule has 6 heteroatoms. The van der Waals surface area contributed by atoms with E-state index < -0.39 is 12.1 Å². The Kier molecular flexibility index (Phi) is 7.20. The number of aromatic nitrogens is 1. The number of aliphatic hydroxyl groups excluding tert-OH is 1. The Balaban J connectivity index is 1.66. The maximum absolute atomic E-state index is 11.1. The summed E-state index contributed by atoms with van der Waals surface area (Å²) in [5, 5.41) is 19.9. The maximum Gasteiger partial charge on any atom is 0.337 e. The Bertz CT molecular complexity index is 886. The van der Waals surface area contributed by atoms with Crippen molar-refractivity contribution in [1.82, 2.24) is 4.98 Å². The van der Waals surface area contributed by atoms with E-state index in [1.807, 2.05) is 12.4 Å². The molecule has 29 heavy (non-hydrogen) atoms. The molecular weight excluding hydrogens is 409 g/mol. The fourth-order valence-electron chi connectivity index (χ4n) is 4.42. The Morgan fingerprint density at radius 2 is 1.90 bits per heavy atom. The number of rotatable bonds is 7. The summed E-state index contributed by atoms with van der Waals surface area (Å²) in [6.45, 7) is 4.19. The molecule has 1 aliphatic rings. The first-order valence-electron chi connectivity index (χ1n) is 10.0. The zero-order chi connectivity index (χ0) is 21.1. The Morgan fingerprint density at radius 1 is 1.17 bits per heavy atom. The maximum atomic E-state index is 11.1. The summed E-state index contributed by atoms with van der Waals surface area (Å²) in [7, 11) is 0. The van der Waals surface area contributed by atoms with Crippen molar-refractivity contribution in [2.75, 3.05) is 0 Å². The number of alkyl halides is 1. The van der Waals surface area contributed by atoms with Gasteiger partial charge in [0.1, 0.15) is 0 Å². The molecule has 1 aromatic heterocycles. The van der Waals surface area contributed by atoms with Crippen LogP contribution in [-0.4, -0.2) is 32.6 Å². The molecule has 3 rings (SSSR count). The Morgan fingerprint density at radius 3 is 2.59 bits per heavy atom. The number of carboxylic acid groups (broad SMARTS) is 1. The van der Waals surface area contributed by atoms with Gasteiger partial charge in [-0.3, -0.25) is 4.98 Å². The van der Waals surface area contributed by atoms with E-state index in [2.05, 4.69) is 18.8 Å². The summed E-state index contributed by atoms with van der Waals surface area (Å²) in [5.74, 6) is -0.674. The lowest BCUT2D eigenvalue weighted by Gasteiger charge is -2.24. The van der Waals surface area contributed by atoms with Gasteiger partial charge in [-0.15, -0.1) is 11.6 Å². The second-order valence-electron chi connectivity index (χ2n) is 8.08. The number of hydrogen-bond acceptors (Lipinski definition) is 3. The standard InChI is InChI=1S/C23H27Cl2NO3/c1-13-11-26-12-16(14(13)2)5-8-17-18(22(27)10-21(17)25)6-3-15-4-7-19(23(28)29)20(24)9-15/h4,7,9,11-12,17-18,21-22,27H,3,5-6,8,10H2,1-2H3,(H,28,29)/t17-,18-,21?,22?/m1/s1. The summed E-state index contributed by atoms with van der Waals surface area (Å²) in [6, 6.07) is 5.05. The number of halogens is 2. The summed E-state index contributed by atoms with van der Waals surface area (Å²) in [6.07, 6.45) is 7.35. The minimum atomic E-state index is -1.03. The first-order valence-corrected chi connectivity index (χ1v) is 10.8. The van der Waals surface area contributed by atoms with Crippen LogP contribution in [-0.2, 0) is 12.8 Å². The van der Waals surface area contributed by atoms with Gasteiger partial charge >= 0.3 is 5.97 Å². The third-order valence-corrected chi connectivity index (χ3v) is 7.14. The fourth-order valence-corrected chi connectivity index (χ4v) is 5.20. The lowest BCUT2D eigenvalue weighted by atomic mass is 9.84. The molecule has 0 radical (unpaired) electrons. The van der Waals surface area contributed by atoms with Gasteiger partial charge in [0.2, 0.25) is 0 Å². The monoisotopic (exact) mass is 435 g/mol. The van der Waals surface area contributed by atoms with Crippen molar-refractivity contribution in [3.8, 4) is 0 Å². The fraction of sp³-hybridized carbons (Fsp3) is 0.478. The molecule has 0 amide bonds. The van der Waals surface area contributed by atoms with Crippen molar-refractivity contribution in [3.63, 3.8) is 0 Å². The molecule has 1 aliphatic carbocycles. The van der Waals surface area contributed by atoms with Crippen molar-refractivity contribution < 1.29 is 15.0 Å². The van der Waals surface area contributed by atoms with E-state index in [0.29, 0.717) is 6.42 Å². The highest BCUT2D eigenvalue weighted by Gasteiger charge is 2.40. The first-order chi connectivity index (χ1) is 13.8. The molecule has 0 bridgehead atoms. The molecule has 4 nitrogen and oxygen atoms in total. The number of benzene rings is 1. The van der Waals surface area contributed by atoms with Crippen LogP contribution >= 0.6 is 23.2 Å². The van der Waals surface area contributed by atoms with E-state index >= 15 is 0 Å². The van der Waals surface area contributed by atoms with Crippen molar-refractivity contribution in [2.45, 2.75) is 57.4 Å². The second kappa shape index (κ2) is 9.46. The van der Waals surface area contributed by atoms with Crippen molar-refractivity contribution in [3.05, 3.63) is 63.4 Å². The predicted molar refractivity (Wildman–Crippen MR) is 116 cm³/mol. The van der Waals surface area contributed by atoms with Crippen LogP contribution in [0.15, 0.2) is 30.6 Å². The molecular formula is C23H27Cl2NO3. The van der Waals surface area contributed by atoms with Gasteiger partial charge in [0.25, 0.3) is 0 Å². The zero-order valence-corrected chi connectivity index (χ0v) is 18.2. The number of pyridine rings is 1. The lowest BCUT2D eigenvalue weighted by molar-refractivity contribution is 0.0697. The average Bonchev–Trinajstić information content (AvgIpc) is 2.93. The number of nitrogens with zero attached hydrogens (tertiary/aromatic N) is 1. The van der Waals surface area contributed by atoms with E-state index in [-0.39, 0.29) is 27.8 Å². The zero-order valence-electron chi connectivity index (χ0n) is 16.7. The predicted octanol–water partition coefficient (Wildman–Crippen LogP) is 5.22. The molecule has 1 saturated carbocycles. The quantitative estimate of drug-likeness (QED) is 0.584. The molecule has 0 saturated heterocycles. The smallest absolute Gasteiger partial charge is 0.337 e. The van der Waals surface area contributed by atoms with E-state index in [1.54, 1.807) is 18.2 Å². The molecule has 1 fully saturated rings. The summed E-state index contributed by atoms with van der Waals surface area (Å²) in [4.78, 5) is 15.4. The average molecular weight is 436 g/mol. The molecule has 156 valence electrons. The Labute approximate surface area is 181 Å². The molecule has 2 aromatic rings. The van der Waals surface area contributed by atoms with Gasteiger partial charge in [-0.2, -0.15) is 0 Å². The van der Waals surface area contributed by atoms with Gasteiger partial charge in [-0.1, -0.05) is 17.7 Å². The normalized spacial score (nSPS) is 24.0. The van der Waals surface area contributed by atoms with Gasteiger partial charge < -0.3 is 10.2 Å². The Hall–Kier alpha value is -1.62. The number of carboxylic acids is 1. The minimum Gasteiger partial charge on any atom is -0.478 e. The highest BCUT2D eigenvalue weighted by molar-refractivity contribution is 6.33. The van der Waals surface area contributed by atoms with Crippen molar-refractivity contribution >= 4 is 29.2 Å². The van der Waals surface area contributed by atoms with Gasteiger partial charge in [0.15, 0.2) is 0 Å². The molecule has 1 heterocycles. The molecule has 4 atom stereocenters. The molecule has 0 aliphatic heterocycles. The third-order valence-electron chi connectivity index (χ3n) is 6.32. The summed E-state index contributed by atoms with van der Waals surface area (Å²) >= 11 is 12.7. The number of carbonyl (C=O) groups is 1. The highest BCUT2D eigenvalue weighted by atomic mass is 35.5. The molecule has 0 spiro atoms. The van der Waals surface area contributed by atoms with E-state index in [0.717, 1.165) is 31.2 Å². The van der Waals surface area contributed by atoms with Crippen LogP contribution in [0.25, 0.3) is 0 Å². The van der Waals surface area contributed by atoms with Crippen LogP contribution in [0.1, 0.15) is 51.9 Å². The largest absolute Gasteiger partial charge is 0.478 e. The van der Waals surface area contributed by atoms with Crippen molar-refractivity contribution in [2.24, 2.45) is 11.8 Å². The summed E-state index contributed by atoms with van der Waals surface area (Å²) < 4.78 is 0. The minimum absolute atomic E-state index is 0.0361. The molecule has 2 N–H and O–H groups in total. The second-order valence-corrected chi connectivity index (χ2v) is 9.05. The SMILES string of the molecule is Cc1cncc(CC[C@H]2C(Cl)CC(O)[C@@H]2CCc2ccc(C(=O)O)c(Cl)c2)c1C. The number of aliphatic hydroxyl groups is 1. The van der Waals surface area contributed by atoms with Crippen LogP contribution < -0.4 is 0 Å². The first kappa shape index (κ1) is 22.1. The van der Waals surface area contributed by atoms with Gasteiger partial charge in [-0.25, -0.2) is 4.79 Å². The van der Waals surface area contributed by atoms with Crippen LogP contribution in [0.2, 0.25) is 5.02 Å². The van der Waals surface area contributed by atoms with Crippen LogP contribution in [0.3, 0.4) is 0 Å². The molecule has 2 unspecified atom stereocenters. The van der Waals surface area contributed by atoms with Crippen LogP contribution in [0, 0.1) is 25.7 Å². The topological polar surface area (TPSA) is 70.4 Å². The van der Waals surface area contributed by atoms with Crippen molar-refractivity contribution in [1.29, 1.82) is 0 Å². The van der Waals surface area contributed by atoms with Gasteiger partial charge in [-0.05, 0) is 92.2 Å². The molecule has 1 aromatic carbocycles. The lowest BCUT2D eigenvalue weighted by Crippen LogP contribution is -2.22. The van der Waals surface area contributed by atoms with E-state index in [9.17, 15) is 9.90 Å². The summed E-state index contributed by atoms with van der Waals surface area (Å²) in [5.41, 5.74) is 4.79. The highest BCUT2D eigenvalue weighted by Crippen LogP contribution is 2.41. The third kappa shape index (κ3) is 5.11. The number of aromatic carboxylic acids is 1. The van der Waals surface area contributed by atoms with Crippen LogP contribution in [0.5, 0.6) is 0 Å². The van der Waals surface area contributed by atoms with Crippen LogP contribution in [0.4, 0.5) is 0 Å². The van der Waals surface area contributed by atoms with E-state index in [4.69, 9.17) is 28.3 Å². The van der Waals surface area contributed by atoms with E-state index in [1.165, 1.54) is 16.7 Å². The number of hydrogen-bond donors (Lipinski definition) is 2. The number of aryl methyl sites for hydroxylation is 3. The van der Waals surface area contributed by atoms with Gasteiger partial charge in [0.05, 0.1) is 16.7 Å². The van der Waals surface area contributed by atoms with Gasteiger partial charge in [0, 0.05) is 17.8 Å².